The Bertz CT molecular complexity index is 885. The van der Waals surface area contributed by atoms with Crippen molar-refractivity contribution in [2.45, 2.75) is 25.4 Å². The molecule has 29 heavy (non-hydrogen) atoms. The van der Waals surface area contributed by atoms with Gasteiger partial charge in [-0.15, -0.1) is 0 Å². The zero-order valence-electron chi connectivity index (χ0n) is 16.7. The molecule has 0 saturated heterocycles. The number of fused-ring (bicyclic) bond motifs is 1. The molecular weight excluding hydrogens is 370 g/mol. The third-order valence-electron chi connectivity index (χ3n) is 5.05. The van der Waals surface area contributed by atoms with Gasteiger partial charge in [-0.1, -0.05) is 12.1 Å². The third-order valence-corrected chi connectivity index (χ3v) is 5.05. The van der Waals surface area contributed by atoms with Crippen LogP contribution in [0.1, 0.15) is 24.0 Å². The lowest BCUT2D eigenvalue weighted by Gasteiger charge is -2.22. The monoisotopic (exact) mass is 395 g/mol. The van der Waals surface area contributed by atoms with E-state index in [1.807, 2.05) is 41.3 Å². The lowest BCUT2D eigenvalue weighted by molar-refractivity contribution is -0.127. The Balaban J connectivity index is 1.49. The molecule has 4 rings (SSSR count). The Kier molecular flexibility index (Phi) is 5.60. The van der Waals surface area contributed by atoms with Crippen molar-refractivity contribution in [2.24, 2.45) is 0 Å². The number of benzene rings is 2. The van der Waals surface area contributed by atoms with Crippen molar-refractivity contribution in [1.82, 2.24) is 4.90 Å². The Morgan fingerprint density at radius 1 is 1.10 bits per heavy atom. The summed E-state index contributed by atoms with van der Waals surface area (Å²) in [4.78, 5) is 14.8. The highest BCUT2D eigenvalue weighted by Gasteiger charge is 2.31. The molecule has 0 bridgehead atoms. The molecule has 0 unspecified atom stereocenters. The quantitative estimate of drug-likeness (QED) is 0.670. The van der Waals surface area contributed by atoms with Gasteiger partial charge in [0, 0.05) is 18.7 Å². The summed E-state index contributed by atoms with van der Waals surface area (Å²) in [5, 5.41) is 0. The van der Waals surface area contributed by atoms with Crippen molar-refractivity contribution >= 4 is 12.0 Å². The maximum Gasteiger partial charge on any atom is 0.247 e. The van der Waals surface area contributed by atoms with Crippen LogP contribution in [-0.4, -0.2) is 44.3 Å². The number of carbonyl (C=O) groups is 1. The van der Waals surface area contributed by atoms with E-state index in [9.17, 15) is 4.79 Å². The molecule has 1 amide bonds. The smallest absolute Gasteiger partial charge is 0.247 e. The molecule has 6 nitrogen and oxygen atoms in total. The minimum absolute atomic E-state index is 0.00262. The van der Waals surface area contributed by atoms with Gasteiger partial charge in [0.1, 0.15) is 19.0 Å². The van der Waals surface area contributed by atoms with E-state index in [1.54, 1.807) is 26.4 Å². The molecule has 2 aromatic rings. The number of amides is 1. The first-order chi connectivity index (χ1) is 14.2. The van der Waals surface area contributed by atoms with Crippen LogP contribution >= 0.6 is 0 Å². The topological polar surface area (TPSA) is 57.2 Å². The first kappa shape index (κ1) is 19.2. The second-order valence-electron chi connectivity index (χ2n) is 7.13. The SMILES string of the molecule is COc1ccc(CN(C(=O)/C=C/c2cc(OC)c3c(c2)OCCO3)C2CC2)cc1. The number of ether oxygens (including phenoxy) is 4. The highest BCUT2D eigenvalue weighted by atomic mass is 16.6. The standard InChI is InChI=1S/C23H25NO5/c1-26-19-8-3-16(4-9-19)15-24(18-6-7-18)22(25)10-5-17-13-20(27-2)23-21(14-17)28-11-12-29-23/h3-5,8-10,13-14,18H,6-7,11-12,15H2,1-2H3/b10-5+. The highest BCUT2D eigenvalue weighted by molar-refractivity contribution is 5.92. The van der Waals surface area contributed by atoms with Gasteiger partial charge in [-0.2, -0.15) is 0 Å². The van der Waals surface area contributed by atoms with Gasteiger partial charge >= 0.3 is 0 Å². The normalized spacial score (nSPS) is 15.2. The molecule has 0 aromatic heterocycles. The van der Waals surface area contributed by atoms with Crippen LogP contribution in [0.3, 0.4) is 0 Å². The van der Waals surface area contributed by atoms with Gasteiger partial charge < -0.3 is 23.8 Å². The van der Waals surface area contributed by atoms with E-state index in [1.165, 1.54) is 0 Å². The minimum Gasteiger partial charge on any atom is -0.497 e. The van der Waals surface area contributed by atoms with E-state index in [0.717, 1.165) is 29.7 Å². The van der Waals surface area contributed by atoms with E-state index in [0.29, 0.717) is 43.0 Å². The Morgan fingerprint density at radius 2 is 1.86 bits per heavy atom. The second-order valence-corrected chi connectivity index (χ2v) is 7.13. The Morgan fingerprint density at radius 3 is 2.55 bits per heavy atom. The van der Waals surface area contributed by atoms with Crippen molar-refractivity contribution < 1.29 is 23.7 Å². The van der Waals surface area contributed by atoms with Crippen LogP contribution in [-0.2, 0) is 11.3 Å². The molecule has 6 heteroatoms. The molecule has 2 aliphatic rings. The van der Waals surface area contributed by atoms with Gasteiger partial charge in [0.25, 0.3) is 0 Å². The third kappa shape index (κ3) is 4.47. The number of hydrogen-bond acceptors (Lipinski definition) is 5. The Labute approximate surface area is 170 Å². The van der Waals surface area contributed by atoms with E-state index in [2.05, 4.69) is 0 Å². The van der Waals surface area contributed by atoms with Crippen molar-refractivity contribution in [3.8, 4) is 23.0 Å². The van der Waals surface area contributed by atoms with Crippen LogP contribution in [0.15, 0.2) is 42.5 Å². The average Bonchev–Trinajstić information content (AvgIpc) is 3.60. The number of carbonyl (C=O) groups excluding carboxylic acids is 1. The molecule has 0 spiro atoms. The molecule has 0 N–H and O–H groups in total. The van der Waals surface area contributed by atoms with Crippen LogP contribution in [0.2, 0.25) is 0 Å². The summed E-state index contributed by atoms with van der Waals surface area (Å²) in [6.07, 6.45) is 5.51. The lowest BCUT2D eigenvalue weighted by atomic mass is 10.1. The van der Waals surface area contributed by atoms with Gasteiger partial charge in [0.15, 0.2) is 11.5 Å². The van der Waals surface area contributed by atoms with E-state index < -0.39 is 0 Å². The molecule has 1 heterocycles. The fraction of sp³-hybridized carbons (Fsp3) is 0.348. The summed E-state index contributed by atoms with van der Waals surface area (Å²) in [7, 11) is 3.24. The fourth-order valence-corrected chi connectivity index (χ4v) is 3.35. The fourth-order valence-electron chi connectivity index (χ4n) is 3.35. The number of nitrogens with zero attached hydrogens (tertiary/aromatic N) is 1. The van der Waals surface area contributed by atoms with Crippen LogP contribution in [0.4, 0.5) is 0 Å². The predicted octanol–water partition coefficient (Wildman–Crippen LogP) is 3.68. The lowest BCUT2D eigenvalue weighted by Crippen LogP contribution is -2.31. The van der Waals surface area contributed by atoms with E-state index in [-0.39, 0.29) is 5.91 Å². The second kappa shape index (κ2) is 8.47. The maximum absolute atomic E-state index is 12.9. The molecule has 152 valence electrons. The maximum atomic E-state index is 12.9. The highest BCUT2D eigenvalue weighted by Crippen LogP contribution is 2.40. The van der Waals surface area contributed by atoms with Gasteiger partial charge in [0.05, 0.1) is 14.2 Å². The summed E-state index contributed by atoms with van der Waals surface area (Å²) in [6, 6.07) is 11.9. The average molecular weight is 395 g/mol. The van der Waals surface area contributed by atoms with E-state index in [4.69, 9.17) is 18.9 Å². The number of rotatable bonds is 7. The predicted molar refractivity (Wildman–Crippen MR) is 110 cm³/mol. The molecule has 1 fully saturated rings. The molecule has 1 aliphatic carbocycles. The van der Waals surface area contributed by atoms with Crippen molar-refractivity contribution in [2.75, 3.05) is 27.4 Å². The number of hydrogen-bond donors (Lipinski definition) is 0. The Hall–Kier alpha value is -3.15. The zero-order chi connectivity index (χ0) is 20.2. The van der Waals surface area contributed by atoms with Crippen molar-refractivity contribution in [1.29, 1.82) is 0 Å². The van der Waals surface area contributed by atoms with Crippen molar-refractivity contribution in [3.63, 3.8) is 0 Å². The van der Waals surface area contributed by atoms with Crippen LogP contribution in [0.5, 0.6) is 23.0 Å². The number of methoxy groups -OCH3 is 2. The zero-order valence-corrected chi connectivity index (χ0v) is 16.7. The van der Waals surface area contributed by atoms with Gasteiger partial charge in [0.2, 0.25) is 11.7 Å². The molecule has 0 radical (unpaired) electrons. The van der Waals surface area contributed by atoms with Gasteiger partial charge in [-0.3, -0.25) is 4.79 Å². The molecule has 0 atom stereocenters. The summed E-state index contributed by atoms with van der Waals surface area (Å²) in [5.41, 5.74) is 1.92. The minimum atomic E-state index is -0.00262. The first-order valence-electron chi connectivity index (χ1n) is 9.77. The molecule has 1 aliphatic heterocycles. The molecular formula is C23H25NO5. The van der Waals surface area contributed by atoms with Crippen LogP contribution in [0.25, 0.3) is 6.08 Å². The van der Waals surface area contributed by atoms with E-state index >= 15 is 0 Å². The summed E-state index contributed by atoms with van der Waals surface area (Å²) < 4.78 is 21.9. The largest absolute Gasteiger partial charge is 0.497 e. The van der Waals surface area contributed by atoms with Crippen LogP contribution in [0, 0.1) is 0 Å². The van der Waals surface area contributed by atoms with Crippen molar-refractivity contribution in [3.05, 3.63) is 53.6 Å². The van der Waals surface area contributed by atoms with Gasteiger partial charge in [-0.25, -0.2) is 0 Å². The summed E-state index contributed by atoms with van der Waals surface area (Å²) >= 11 is 0. The summed E-state index contributed by atoms with van der Waals surface area (Å²) in [6.45, 7) is 1.58. The first-order valence-corrected chi connectivity index (χ1v) is 9.77. The molecule has 1 saturated carbocycles. The van der Waals surface area contributed by atoms with Gasteiger partial charge in [-0.05, 0) is 54.3 Å². The van der Waals surface area contributed by atoms with Crippen LogP contribution < -0.4 is 18.9 Å². The summed E-state index contributed by atoms with van der Waals surface area (Å²) in [5.74, 6) is 2.66. The molecule has 2 aromatic carbocycles.